The van der Waals surface area contributed by atoms with E-state index < -0.39 is 0 Å². The van der Waals surface area contributed by atoms with Crippen molar-refractivity contribution in [2.45, 2.75) is 26.8 Å². The number of para-hydroxylation sites is 2. The zero-order valence-corrected chi connectivity index (χ0v) is 17.3. The van der Waals surface area contributed by atoms with Gasteiger partial charge in [0.05, 0.1) is 12.3 Å². The lowest BCUT2D eigenvalue weighted by atomic mass is 10.1. The van der Waals surface area contributed by atoms with Crippen LogP contribution in [0.5, 0.6) is 5.75 Å². The fourth-order valence-electron chi connectivity index (χ4n) is 3.68. The zero-order chi connectivity index (χ0) is 20.9. The van der Waals surface area contributed by atoms with Gasteiger partial charge in [-0.05, 0) is 55.8 Å². The molecule has 1 heterocycles. The summed E-state index contributed by atoms with van der Waals surface area (Å²) in [5.74, 6) is 0.714. The molecule has 5 nitrogen and oxygen atoms in total. The Labute approximate surface area is 176 Å². The molecule has 152 valence electrons. The molecule has 5 heteroatoms. The predicted octanol–water partition coefficient (Wildman–Crippen LogP) is 5.12. The molecule has 0 aliphatic carbocycles. The molecule has 0 radical (unpaired) electrons. The molecule has 0 fully saturated rings. The van der Waals surface area contributed by atoms with Crippen molar-refractivity contribution in [3.05, 3.63) is 78.4 Å². The zero-order valence-electron chi connectivity index (χ0n) is 17.3. The van der Waals surface area contributed by atoms with Gasteiger partial charge in [0.1, 0.15) is 5.75 Å². The molecule has 0 unspecified atom stereocenters. The van der Waals surface area contributed by atoms with Gasteiger partial charge in [-0.1, -0.05) is 36.4 Å². The van der Waals surface area contributed by atoms with Gasteiger partial charge in [0.2, 0.25) is 5.91 Å². The highest BCUT2D eigenvalue weighted by Crippen LogP contribution is 2.28. The van der Waals surface area contributed by atoms with E-state index in [2.05, 4.69) is 39.4 Å². The summed E-state index contributed by atoms with van der Waals surface area (Å²) in [7, 11) is 0. The number of ether oxygens (including phenoxy) is 1. The molecule has 0 saturated carbocycles. The SMILES string of the molecule is CCOc1ccc(/C(C)=N/NC(=O)CCn2c3ccccc3c3ccccc32)cc1. The Hall–Kier alpha value is -3.60. The third-order valence-electron chi connectivity index (χ3n) is 5.17. The first-order valence-electron chi connectivity index (χ1n) is 10.2. The molecule has 30 heavy (non-hydrogen) atoms. The van der Waals surface area contributed by atoms with Crippen molar-refractivity contribution in [2.24, 2.45) is 5.10 Å². The van der Waals surface area contributed by atoms with Crippen LogP contribution in [0.15, 0.2) is 77.9 Å². The highest BCUT2D eigenvalue weighted by molar-refractivity contribution is 6.08. The molecule has 0 aliphatic rings. The van der Waals surface area contributed by atoms with Gasteiger partial charge in [0.25, 0.3) is 0 Å². The van der Waals surface area contributed by atoms with Gasteiger partial charge in [0.15, 0.2) is 0 Å². The van der Waals surface area contributed by atoms with Gasteiger partial charge in [-0.15, -0.1) is 0 Å². The van der Waals surface area contributed by atoms with E-state index in [1.54, 1.807) is 0 Å². The van der Waals surface area contributed by atoms with Crippen LogP contribution < -0.4 is 10.2 Å². The largest absolute Gasteiger partial charge is 0.494 e. The fraction of sp³-hybridized carbons (Fsp3) is 0.200. The number of nitrogens with zero attached hydrogens (tertiary/aromatic N) is 2. The molecule has 3 aromatic carbocycles. The van der Waals surface area contributed by atoms with Crippen LogP contribution in [0, 0.1) is 0 Å². The Balaban J connectivity index is 1.44. The number of carbonyl (C=O) groups is 1. The summed E-state index contributed by atoms with van der Waals surface area (Å²) in [4.78, 5) is 12.4. The van der Waals surface area contributed by atoms with Crippen LogP contribution in [0.2, 0.25) is 0 Å². The number of nitrogens with one attached hydrogen (secondary N) is 1. The van der Waals surface area contributed by atoms with Crippen LogP contribution in [0.1, 0.15) is 25.8 Å². The van der Waals surface area contributed by atoms with Gasteiger partial charge in [-0.25, -0.2) is 5.43 Å². The van der Waals surface area contributed by atoms with Gasteiger partial charge < -0.3 is 9.30 Å². The van der Waals surface area contributed by atoms with E-state index in [0.717, 1.165) is 28.1 Å². The van der Waals surface area contributed by atoms with Crippen molar-refractivity contribution in [1.82, 2.24) is 9.99 Å². The van der Waals surface area contributed by atoms with E-state index in [1.807, 2.05) is 62.4 Å². The highest BCUT2D eigenvalue weighted by Gasteiger charge is 2.11. The maximum Gasteiger partial charge on any atom is 0.241 e. The number of aryl methyl sites for hydroxylation is 1. The monoisotopic (exact) mass is 399 g/mol. The topological polar surface area (TPSA) is 55.6 Å². The van der Waals surface area contributed by atoms with Crippen LogP contribution in [0.4, 0.5) is 0 Å². The normalized spacial score (nSPS) is 11.7. The molecule has 0 spiro atoms. The van der Waals surface area contributed by atoms with Gasteiger partial charge in [-0.3, -0.25) is 4.79 Å². The van der Waals surface area contributed by atoms with Gasteiger partial charge >= 0.3 is 0 Å². The Morgan fingerprint density at radius 1 is 0.933 bits per heavy atom. The lowest BCUT2D eigenvalue weighted by Gasteiger charge is -2.08. The first kappa shape index (κ1) is 19.7. The van der Waals surface area contributed by atoms with Crippen molar-refractivity contribution in [3.8, 4) is 5.75 Å². The summed E-state index contributed by atoms with van der Waals surface area (Å²) in [6, 6.07) is 24.3. The number of hydrogen-bond acceptors (Lipinski definition) is 3. The second-order valence-electron chi connectivity index (χ2n) is 7.13. The maximum atomic E-state index is 12.4. The molecule has 4 aromatic rings. The molecule has 0 atom stereocenters. The summed E-state index contributed by atoms with van der Waals surface area (Å²) >= 11 is 0. The number of amides is 1. The summed E-state index contributed by atoms with van der Waals surface area (Å²) < 4.78 is 7.66. The van der Waals surface area contributed by atoms with Crippen molar-refractivity contribution in [1.29, 1.82) is 0 Å². The van der Waals surface area contributed by atoms with E-state index in [1.165, 1.54) is 10.8 Å². The predicted molar refractivity (Wildman–Crippen MR) is 122 cm³/mol. The van der Waals surface area contributed by atoms with Gasteiger partial charge in [-0.2, -0.15) is 5.10 Å². The van der Waals surface area contributed by atoms with E-state index in [9.17, 15) is 4.79 Å². The summed E-state index contributed by atoms with van der Waals surface area (Å²) in [6.45, 7) is 5.06. The summed E-state index contributed by atoms with van der Waals surface area (Å²) in [5, 5.41) is 6.67. The number of carbonyl (C=O) groups excluding carboxylic acids is 1. The minimum absolute atomic E-state index is 0.109. The lowest BCUT2D eigenvalue weighted by Crippen LogP contribution is -2.20. The third-order valence-corrected chi connectivity index (χ3v) is 5.17. The number of rotatable bonds is 7. The van der Waals surface area contributed by atoms with Crippen molar-refractivity contribution in [2.75, 3.05) is 6.61 Å². The van der Waals surface area contributed by atoms with Crippen LogP contribution in [0.25, 0.3) is 21.8 Å². The van der Waals surface area contributed by atoms with Crippen molar-refractivity contribution < 1.29 is 9.53 Å². The Morgan fingerprint density at radius 2 is 1.53 bits per heavy atom. The standard InChI is InChI=1S/C25H25N3O2/c1-3-30-20-14-12-19(13-15-20)18(2)26-27-25(29)16-17-28-23-10-6-4-8-21(23)22-9-5-7-11-24(22)28/h4-15H,3,16-17H2,1-2H3,(H,27,29)/b26-18+. The van der Waals surface area contributed by atoms with Gasteiger partial charge in [0, 0.05) is 34.8 Å². The Kier molecular flexibility index (Phi) is 5.80. The van der Waals surface area contributed by atoms with E-state index in [-0.39, 0.29) is 5.91 Å². The summed E-state index contributed by atoms with van der Waals surface area (Å²) in [5.41, 5.74) is 6.66. The van der Waals surface area contributed by atoms with Crippen LogP contribution in [0.3, 0.4) is 0 Å². The minimum atomic E-state index is -0.109. The number of benzene rings is 3. The van der Waals surface area contributed by atoms with Crippen molar-refractivity contribution in [3.63, 3.8) is 0 Å². The first-order chi connectivity index (χ1) is 14.7. The molecule has 1 amide bonds. The average molecular weight is 399 g/mol. The lowest BCUT2D eigenvalue weighted by molar-refractivity contribution is -0.121. The quantitative estimate of drug-likeness (QED) is 0.346. The molecule has 0 saturated heterocycles. The van der Waals surface area contributed by atoms with E-state index >= 15 is 0 Å². The second-order valence-corrected chi connectivity index (χ2v) is 7.13. The molecule has 1 N–H and O–H groups in total. The average Bonchev–Trinajstić information content (AvgIpc) is 3.10. The molecule has 0 aliphatic heterocycles. The highest BCUT2D eigenvalue weighted by atomic mass is 16.5. The number of aromatic nitrogens is 1. The Bertz CT molecular complexity index is 1150. The molecule has 4 rings (SSSR count). The Morgan fingerprint density at radius 3 is 2.13 bits per heavy atom. The minimum Gasteiger partial charge on any atom is -0.494 e. The maximum absolute atomic E-state index is 12.4. The second kappa shape index (κ2) is 8.82. The number of hydrogen-bond donors (Lipinski definition) is 1. The van der Waals surface area contributed by atoms with Crippen molar-refractivity contribution >= 4 is 33.4 Å². The number of fused-ring (bicyclic) bond motifs is 3. The fourth-order valence-corrected chi connectivity index (χ4v) is 3.68. The van der Waals surface area contributed by atoms with E-state index in [4.69, 9.17) is 4.74 Å². The first-order valence-corrected chi connectivity index (χ1v) is 10.2. The van der Waals surface area contributed by atoms with Crippen LogP contribution in [-0.4, -0.2) is 22.8 Å². The molecule has 1 aromatic heterocycles. The van der Waals surface area contributed by atoms with Crippen LogP contribution >= 0.6 is 0 Å². The molecular weight excluding hydrogens is 374 g/mol. The third kappa shape index (κ3) is 4.06. The summed E-state index contributed by atoms with van der Waals surface area (Å²) in [6.07, 6.45) is 0.350. The molecule has 0 bridgehead atoms. The smallest absolute Gasteiger partial charge is 0.241 e. The van der Waals surface area contributed by atoms with E-state index in [0.29, 0.717) is 19.6 Å². The molecular formula is C25H25N3O2. The number of hydrazone groups is 1. The van der Waals surface area contributed by atoms with Crippen LogP contribution in [-0.2, 0) is 11.3 Å².